The average molecular weight is 377 g/mol. The van der Waals surface area contributed by atoms with Crippen molar-refractivity contribution in [1.29, 1.82) is 0 Å². The van der Waals surface area contributed by atoms with E-state index in [2.05, 4.69) is 0 Å². The van der Waals surface area contributed by atoms with E-state index in [-0.39, 0.29) is 17.9 Å². The number of amides is 2. The Hall–Kier alpha value is -2.32. The minimum atomic E-state index is -0.403. The average Bonchev–Trinajstić information content (AvgIpc) is 3.21. The van der Waals surface area contributed by atoms with Gasteiger partial charge in [-0.25, -0.2) is 0 Å². The molecule has 148 valence electrons. The highest BCUT2D eigenvalue weighted by molar-refractivity contribution is 5.98. The van der Waals surface area contributed by atoms with Crippen LogP contribution in [-0.2, 0) is 9.53 Å². The monoisotopic (exact) mass is 377 g/mol. The van der Waals surface area contributed by atoms with E-state index < -0.39 is 6.10 Å². The molecule has 0 spiro atoms. The Bertz CT molecular complexity index is 688. The van der Waals surface area contributed by atoms with Gasteiger partial charge in [-0.15, -0.1) is 0 Å². The molecule has 8 heteroatoms. The van der Waals surface area contributed by atoms with Gasteiger partial charge < -0.3 is 29.7 Å². The second-order valence-electron chi connectivity index (χ2n) is 6.72. The number of piperazine rings is 1. The summed E-state index contributed by atoms with van der Waals surface area (Å²) in [4.78, 5) is 29.0. The molecule has 0 aromatic heterocycles. The van der Waals surface area contributed by atoms with Crippen LogP contribution in [0.15, 0.2) is 18.2 Å². The number of hydrogen-bond donors (Lipinski definition) is 1. The molecule has 8 nitrogen and oxygen atoms in total. The predicted octanol–water partition coefficient (Wildman–Crippen LogP) is 0.495. The van der Waals surface area contributed by atoms with Gasteiger partial charge in [0.25, 0.3) is 11.8 Å². The number of nitrogens with two attached hydrogens (primary N) is 1. The molecular weight excluding hydrogens is 350 g/mol. The summed E-state index contributed by atoms with van der Waals surface area (Å²) in [6.07, 6.45) is 1.10. The Kier molecular flexibility index (Phi) is 6.18. The molecule has 2 saturated heterocycles. The molecule has 1 aromatic carbocycles. The summed E-state index contributed by atoms with van der Waals surface area (Å²) in [5, 5.41) is 0. The number of nitrogens with zero attached hydrogens (tertiary/aromatic N) is 2. The highest BCUT2D eigenvalue weighted by atomic mass is 16.5. The molecule has 1 aromatic rings. The Balaban J connectivity index is 1.61. The van der Waals surface area contributed by atoms with Crippen molar-refractivity contribution >= 4 is 11.8 Å². The Morgan fingerprint density at radius 1 is 1.11 bits per heavy atom. The van der Waals surface area contributed by atoms with Crippen LogP contribution in [0.2, 0.25) is 0 Å². The normalized spacial score (nSPS) is 22.6. The first kappa shape index (κ1) is 19.4. The molecule has 2 atom stereocenters. The maximum Gasteiger partial charge on any atom is 0.257 e. The standard InChI is InChI=1S/C19H27N3O5/c1-25-15-5-3-4-14(17(15)26-2)18(23)21-8-10-22(11-9-21)19(24)16-7-6-13(12-20)27-16/h3-5,13,16H,6-12,20H2,1-2H3/t13-,16+/m1/s1. The molecule has 2 amide bonds. The summed E-state index contributed by atoms with van der Waals surface area (Å²) in [6, 6.07) is 5.24. The van der Waals surface area contributed by atoms with Crippen molar-refractivity contribution in [3.63, 3.8) is 0 Å². The fourth-order valence-electron chi connectivity index (χ4n) is 3.62. The Morgan fingerprint density at radius 3 is 2.41 bits per heavy atom. The molecular formula is C19H27N3O5. The third kappa shape index (κ3) is 4.01. The third-order valence-corrected chi connectivity index (χ3v) is 5.16. The molecule has 27 heavy (non-hydrogen) atoms. The van der Waals surface area contributed by atoms with Crippen molar-refractivity contribution in [3.05, 3.63) is 23.8 Å². The van der Waals surface area contributed by atoms with Crippen molar-refractivity contribution in [2.75, 3.05) is 46.9 Å². The van der Waals surface area contributed by atoms with Gasteiger partial charge in [0.15, 0.2) is 11.5 Å². The van der Waals surface area contributed by atoms with Crippen LogP contribution in [0, 0.1) is 0 Å². The van der Waals surface area contributed by atoms with Gasteiger partial charge in [0, 0.05) is 32.7 Å². The van der Waals surface area contributed by atoms with E-state index in [0.29, 0.717) is 56.2 Å². The Morgan fingerprint density at radius 2 is 1.81 bits per heavy atom. The van der Waals surface area contributed by atoms with Crippen molar-refractivity contribution in [1.82, 2.24) is 9.80 Å². The quantitative estimate of drug-likeness (QED) is 0.803. The van der Waals surface area contributed by atoms with Crippen molar-refractivity contribution in [2.24, 2.45) is 5.73 Å². The van der Waals surface area contributed by atoms with Crippen LogP contribution in [0.25, 0.3) is 0 Å². The van der Waals surface area contributed by atoms with Gasteiger partial charge in [-0.2, -0.15) is 0 Å². The largest absolute Gasteiger partial charge is 0.493 e. The van der Waals surface area contributed by atoms with Gasteiger partial charge in [-0.05, 0) is 25.0 Å². The van der Waals surface area contributed by atoms with E-state index >= 15 is 0 Å². The minimum Gasteiger partial charge on any atom is -0.493 e. The fraction of sp³-hybridized carbons (Fsp3) is 0.579. The van der Waals surface area contributed by atoms with Crippen LogP contribution in [0.3, 0.4) is 0 Å². The number of carbonyl (C=O) groups excluding carboxylic acids is 2. The number of rotatable bonds is 5. The van der Waals surface area contributed by atoms with E-state index in [1.54, 1.807) is 28.0 Å². The van der Waals surface area contributed by atoms with Gasteiger partial charge in [0.1, 0.15) is 6.10 Å². The van der Waals surface area contributed by atoms with E-state index in [0.717, 1.165) is 6.42 Å². The second kappa shape index (κ2) is 8.58. The number of para-hydroxylation sites is 1. The van der Waals surface area contributed by atoms with Gasteiger partial charge in [-0.1, -0.05) is 6.07 Å². The van der Waals surface area contributed by atoms with E-state index in [4.69, 9.17) is 19.9 Å². The van der Waals surface area contributed by atoms with Crippen molar-refractivity contribution < 1.29 is 23.8 Å². The van der Waals surface area contributed by atoms with E-state index in [9.17, 15) is 9.59 Å². The van der Waals surface area contributed by atoms with Crippen LogP contribution in [0.1, 0.15) is 23.2 Å². The minimum absolute atomic E-state index is 0.00277. The SMILES string of the molecule is COc1cccc(C(=O)N2CCN(C(=O)[C@@H]3CC[C@H](CN)O3)CC2)c1OC. The molecule has 0 unspecified atom stereocenters. The smallest absolute Gasteiger partial charge is 0.257 e. The maximum absolute atomic E-state index is 12.9. The number of ether oxygens (including phenoxy) is 3. The lowest BCUT2D eigenvalue weighted by Crippen LogP contribution is -2.53. The van der Waals surface area contributed by atoms with Crippen LogP contribution in [-0.4, -0.2) is 80.8 Å². The van der Waals surface area contributed by atoms with Crippen LogP contribution < -0.4 is 15.2 Å². The number of hydrogen-bond acceptors (Lipinski definition) is 6. The lowest BCUT2D eigenvalue weighted by molar-refractivity contribution is -0.144. The second-order valence-corrected chi connectivity index (χ2v) is 6.72. The number of methoxy groups -OCH3 is 2. The van der Waals surface area contributed by atoms with E-state index in [1.807, 2.05) is 0 Å². The molecule has 0 aliphatic carbocycles. The summed E-state index contributed by atoms with van der Waals surface area (Å²) in [7, 11) is 3.05. The van der Waals surface area contributed by atoms with Gasteiger partial charge >= 0.3 is 0 Å². The molecule has 0 radical (unpaired) electrons. The first-order valence-electron chi connectivity index (χ1n) is 9.23. The lowest BCUT2D eigenvalue weighted by Gasteiger charge is -2.36. The van der Waals surface area contributed by atoms with Crippen molar-refractivity contribution in [2.45, 2.75) is 25.0 Å². The highest BCUT2D eigenvalue weighted by Crippen LogP contribution is 2.31. The lowest BCUT2D eigenvalue weighted by atomic mass is 10.1. The maximum atomic E-state index is 12.9. The summed E-state index contributed by atoms with van der Waals surface area (Å²) in [6.45, 7) is 2.36. The zero-order valence-corrected chi connectivity index (χ0v) is 15.8. The molecule has 2 fully saturated rings. The molecule has 0 saturated carbocycles. The van der Waals surface area contributed by atoms with Crippen LogP contribution in [0.4, 0.5) is 0 Å². The predicted molar refractivity (Wildman–Crippen MR) is 99.0 cm³/mol. The highest BCUT2D eigenvalue weighted by Gasteiger charge is 2.35. The zero-order valence-electron chi connectivity index (χ0n) is 15.8. The summed E-state index contributed by atoms with van der Waals surface area (Å²) < 4.78 is 16.3. The van der Waals surface area contributed by atoms with Crippen LogP contribution in [0.5, 0.6) is 11.5 Å². The molecule has 2 heterocycles. The summed E-state index contributed by atoms with van der Waals surface area (Å²) >= 11 is 0. The zero-order chi connectivity index (χ0) is 19.4. The fourth-order valence-corrected chi connectivity index (χ4v) is 3.62. The third-order valence-electron chi connectivity index (χ3n) is 5.16. The molecule has 2 aliphatic heterocycles. The molecule has 2 N–H and O–H groups in total. The number of carbonyl (C=O) groups is 2. The molecule has 3 rings (SSSR count). The summed E-state index contributed by atoms with van der Waals surface area (Å²) in [5.74, 6) is 0.816. The van der Waals surface area contributed by atoms with Crippen molar-refractivity contribution in [3.8, 4) is 11.5 Å². The first-order valence-corrected chi connectivity index (χ1v) is 9.23. The summed E-state index contributed by atoms with van der Waals surface area (Å²) in [5.41, 5.74) is 6.07. The topological polar surface area (TPSA) is 94.3 Å². The number of benzene rings is 1. The van der Waals surface area contributed by atoms with Gasteiger partial charge in [0.05, 0.1) is 25.9 Å². The van der Waals surface area contributed by atoms with Crippen LogP contribution >= 0.6 is 0 Å². The first-order chi connectivity index (χ1) is 13.1. The van der Waals surface area contributed by atoms with Gasteiger partial charge in [0.2, 0.25) is 0 Å². The molecule has 2 aliphatic rings. The van der Waals surface area contributed by atoms with Gasteiger partial charge in [-0.3, -0.25) is 9.59 Å². The van der Waals surface area contributed by atoms with E-state index in [1.165, 1.54) is 14.2 Å². The molecule has 0 bridgehead atoms. The Labute approximate surface area is 159 Å².